The molecule has 11 nitrogen and oxygen atoms in total. The van der Waals surface area contributed by atoms with Gasteiger partial charge in [-0.05, 0) is 90.1 Å². The fraction of sp³-hybridized carbons (Fsp3) is 0.825. The van der Waals surface area contributed by atoms with Gasteiger partial charge in [0.2, 0.25) is 0 Å². The summed E-state index contributed by atoms with van der Waals surface area (Å²) in [7, 11) is 0. The first kappa shape index (κ1) is 46.4. The number of hydrogen-bond acceptors (Lipinski definition) is 10. The van der Waals surface area contributed by atoms with Gasteiger partial charge in [0.05, 0.1) is 13.0 Å². The van der Waals surface area contributed by atoms with E-state index in [2.05, 4.69) is 55.3 Å². The Hall–Kier alpha value is -2.63. The van der Waals surface area contributed by atoms with Gasteiger partial charge < -0.3 is 38.6 Å². The van der Waals surface area contributed by atoms with E-state index in [-0.39, 0.29) is 38.1 Å². The van der Waals surface area contributed by atoms with E-state index in [9.17, 15) is 14.4 Å². The zero-order valence-corrected chi connectivity index (χ0v) is 32.5. The molecule has 1 aliphatic heterocycles. The Morgan fingerprint density at radius 2 is 1.35 bits per heavy atom. The Morgan fingerprint density at radius 1 is 0.725 bits per heavy atom. The van der Waals surface area contributed by atoms with Crippen molar-refractivity contribution in [1.82, 2.24) is 10.2 Å². The lowest BCUT2D eigenvalue weighted by Gasteiger charge is -2.20. The van der Waals surface area contributed by atoms with E-state index in [1.807, 2.05) is 6.92 Å². The van der Waals surface area contributed by atoms with Crippen molar-refractivity contribution in [2.45, 2.75) is 149 Å². The molecule has 1 rings (SSSR count). The molecule has 1 fully saturated rings. The van der Waals surface area contributed by atoms with Crippen LogP contribution in [0.5, 0.6) is 0 Å². The van der Waals surface area contributed by atoms with Gasteiger partial charge in [-0.25, -0.2) is 9.59 Å². The molecule has 0 spiro atoms. The Morgan fingerprint density at radius 3 is 1.98 bits per heavy atom. The SMILES string of the molecule is CC/C=C\CCCCOC(CCC(=O)OCC(C)COC(=O)OCC(CCCCCC)OC(=O)NCCN1CCCC1)OCCCC/C=C\CC. The van der Waals surface area contributed by atoms with E-state index in [1.54, 1.807) is 0 Å². The summed E-state index contributed by atoms with van der Waals surface area (Å²) < 4.78 is 33.6. The lowest BCUT2D eigenvalue weighted by atomic mass is 10.1. The highest BCUT2D eigenvalue weighted by Crippen LogP contribution is 2.13. The van der Waals surface area contributed by atoms with Crippen molar-refractivity contribution in [1.29, 1.82) is 0 Å². The number of hydrogen-bond donors (Lipinski definition) is 1. The molecule has 1 saturated heterocycles. The van der Waals surface area contributed by atoms with Crippen molar-refractivity contribution in [2.24, 2.45) is 5.92 Å². The summed E-state index contributed by atoms with van der Waals surface area (Å²) >= 11 is 0. The standard InChI is InChI=1S/C40H72N2O9/c1-5-8-11-14-16-21-30-46-38(47-31-22-17-15-12-9-6-2)25-24-37(43)48-32-35(4)33-49-40(45)50-34-36(23-18-13-10-7-3)51-39(44)41-26-29-42-27-19-20-28-42/h8-9,11-12,35-36,38H,5-7,10,13-34H2,1-4H3,(H,41,44)/b11-8-,12-9-. The second-order valence-corrected chi connectivity index (χ2v) is 13.5. The summed E-state index contributed by atoms with van der Waals surface area (Å²) in [5.41, 5.74) is 0. The van der Waals surface area contributed by atoms with Gasteiger partial charge >= 0.3 is 18.2 Å². The van der Waals surface area contributed by atoms with Crippen molar-refractivity contribution in [2.75, 3.05) is 59.2 Å². The summed E-state index contributed by atoms with van der Waals surface area (Å²) in [5, 5.41) is 2.81. The maximum absolute atomic E-state index is 12.5. The highest BCUT2D eigenvalue weighted by atomic mass is 16.7. The van der Waals surface area contributed by atoms with Crippen molar-refractivity contribution in [3.63, 3.8) is 0 Å². The molecule has 1 amide bonds. The summed E-state index contributed by atoms with van der Waals surface area (Å²) in [5.74, 6) is -0.575. The molecule has 0 aliphatic carbocycles. The van der Waals surface area contributed by atoms with Gasteiger partial charge in [-0.3, -0.25) is 4.79 Å². The highest BCUT2D eigenvalue weighted by molar-refractivity contribution is 5.69. The van der Waals surface area contributed by atoms with Gasteiger partial charge in [-0.1, -0.05) is 71.3 Å². The number of nitrogens with one attached hydrogen (secondary N) is 1. The second kappa shape index (κ2) is 33.2. The molecule has 0 radical (unpaired) electrons. The van der Waals surface area contributed by atoms with Crippen molar-refractivity contribution < 1.29 is 42.8 Å². The van der Waals surface area contributed by atoms with Crippen molar-refractivity contribution >= 4 is 18.2 Å². The molecule has 0 aromatic rings. The quantitative estimate of drug-likeness (QED) is 0.0237. The van der Waals surface area contributed by atoms with Gasteiger partial charge in [-0.2, -0.15) is 0 Å². The van der Waals surface area contributed by atoms with Crippen LogP contribution >= 0.6 is 0 Å². The fourth-order valence-corrected chi connectivity index (χ4v) is 5.44. The van der Waals surface area contributed by atoms with Crippen molar-refractivity contribution in [3.8, 4) is 0 Å². The molecule has 0 bridgehead atoms. The van der Waals surface area contributed by atoms with Crippen LogP contribution < -0.4 is 5.32 Å². The van der Waals surface area contributed by atoms with Crippen LogP contribution in [0.1, 0.15) is 137 Å². The van der Waals surface area contributed by atoms with Crippen LogP contribution in [0.4, 0.5) is 9.59 Å². The molecule has 2 unspecified atom stereocenters. The number of amides is 1. The maximum Gasteiger partial charge on any atom is 0.508 e. The molecule has 2 atom stereocenters. The largest absolute Gasteiger partial charge is 0.508 e. The lowest BCUT2D eigenvalue weighted by Crippen LogP contribution is -2.36. The molecule has 51 heavy (non-hydrogen) atoms. The van der Waals surface area contributed by atoms with Crippen LogP contribution in [-0.2, 0) is 33.2 Å². The Balaban J connectivity index is 2.37. The molecule has 11 heteroatoms. The molecule has 296 valence electrons. The third-order valence-corrected chi connectivity index (χ3v) is 8.48. The first-order valence-corrected chi connectivity index (χ1v) is 20.0. The van der Waals surface area contributed by atoms with Crippen LogP contribution in [-0.4, -0.2) is 94.7 Å². The summed E-state index contributed by atoms with van der Waals surface area (Å²) in [6.45, 7) is 12.9. The number of rotatable bonds is 32. The van der Waals surface area contributed by atoms with E-state index in [0.29, 0.717) is 32.6 Å². The minimum Gasteiger partial charge on any atom is -0.465 e. The van der Waals surface area contributed by atoms with Gasteiger partial charge in [0.15, 0.2) is 6.29 Å². The first-order valence-electron chi connectivity index (χ1n) is 20.0. The number of carbonyl (C=O) groups excluding carboxylic acids is 3. The van der Waals surface area contributed by atoms with Crippen LogP contribution in [0.2, 0.25) is 0 Å². The normalized spacial score (nSPS) is 14.7. The van der Waals surface area contributed by atoms with Crippen LogP contribution in [0.3, 0.4) is 0 Å². The molecule has 0 aromatic heterocycles. The van der Waals surface area contributed by atoms with Crippen LogP contribution in [0.15, 0.2) is 24.3 Å². The smallest absolute Gasteiger partial charge is 0.465 e. The molecule has 1 heterocycles. The Bertz CT molecular complexity index is 900. The molecular weight excluding hydrogens is 652 g/mol. The van der Waals surface area contributed by atoms with Gasteiger partial charge in [0.1, 0.15) is 19.3 Å². The van der Waals surface area contributed by atoms with E-state index in [1.165, 1.54) is 12.8 Å². The molecule has 0 aromatic carbocycles. The van der Waals surface area contributed by atoms with Gasteiger partial charge in [0, 0.05) is 38.6 Å². The predicted octanol–water partition coefficient (Wildman–Crippen LogP) is 8.89. The molecular formula is C40H72N2O9. The number of nitrogens with zero attached hydrogens (tertiary/aromatic N) is 1. The number of esters is 1. The number of allylic oxidation sites excluding steroid dienone is 4. The number of unbranched alkanes of at least 4 members (excludes halogenated alkanes) is 7. The number of alkyl carbamates (subject to hydrolysis) is 1. The zero-order valence-electron chi connectivity index (χ0n) is 32.5. The summed E-state index contributed by atoms with van der Waals surface area (Å²) in [6, 6.07) is 0. The first-order chi connectivity index (χ1) is 24.9. The van der Waals surface area contributed by atoms with E-state index in [0.717, 1.165) is 96.7 Å². The maximum atomic E-state index is 12.5. The minimum absolute atomic E-state index is 0.0286. The zero-order chi connectivity index (χ0) is 37.2. The topological polar surface area (TPSA) is 122 Å². The molecule has 1 N–H and O–H groups in total. The van der Waals surface area contributed by atoms with Crippen LogP contribution in [0, 0.1) is 5.92 Å². The molecule has 0 saturated carbocycles. The third kappa shape index (κ3) is 28.6. The van der Waals surface area contributed by atoms with Crippen LogP contribution in [0.25, 0.3) is 0 Å². The Kier molecular flexibility index (Phi) is 30.2. The average Bonchev–Trinajstić information content (AvgIpc) is 3.65. The summed E-state index contributed by atoms with van der Waals surface area (Å²) in [4.78, 5) is 39.6. The minimum atomic E-state index is -0.843. The summed E-state index contributed by atoms with van der Waals surface area (Å²) in [6.07, 6.45) is 22.2. The number of likely N-dealkylation sites (tertiary alicyclic amines) is 1. The predicted molar refractivity (Wildman–Crippen MR) is 202 cm³/mol. The fourth-order valence-electron chi connectivity index (χ4n) is 5.44. The molecule has 1 aliphatic rings. The average molecular weight is 725 g/mol. The second-order valence-electron chi connectivity index (χ2n) is 13.5. The van der Waals surface area contributed by atoms with E-state index in [4.69, 9.17) is 28.4 Å². The van der Waals surface area contributed by atoms with Crippen molar-refractivity contribution in [3.05, 3.63) is 24.3 Å². The van der Waals surface area contributed by atoms with E-state index >= 15 is 0 Å². The number of ether oxygens (including phenoxy) is 6. The van der Waals surface area contributed by atoms with Gasteiger partial charge in [-0.15, -0.1) is 0 Å². The third-order valence-electron chi connectivity index (χ3n) is 8.48. The highest BCUT2D eigenvalue weighted by Gasteiger charge is 2.20. The number of carbonyl (C=O) groups is 3. The van der Waals surface area contributed by atoms with E-state index < -0.39 is 24.6 Å². The van der Waals surface area contributed by atoms with Gasteiger partial charge in [0.25, 0.3) is 0 Å². The monoisotopic (exact) mass is 725 g/mol. The lowest BCUT2D eigenvalue weighted by molar-refractivity contribution is -0.160. The Labute approximate surface area is 309 Å².